The van der Waals surface area contributed by atoms with Gasteiger partial charge in [-0.3, -0.25) is 14.2 Å². The molecule has 164 valence electrons. The number of thiophene rings is 1. The third-order valence-electron chi connectivity index (χ3n) is 5.01. The van der Waals surface area contributed by atoms with Crippen molar-refractivity contribution >= 4 is 38.9 Å². The Hall–Kier alpha value is -3.36. The Morgan fingerprint density at radius 1 is 1.03 bits per heavy atom. The molecule has 7 nitrogen and oxygen atoms in total. The van der Waals surface area contributed by atoms with Gasteiger partial charge in [-0.05, 0) is 49.4 Å². The fourth-order valence-corrected chi connectivity index (χ4v) is 4.67. The first-order valence-corrected chi connectivity index (χ1v) is 10.8. The lowest BCUT2D eigenvalue weighted by Crippen LogP contribution is -2.39. The molecule has 0 unspecified atom stereocenters. The number of carbonyl (C=O) groups excluding carboxylic acids is 1. The van der Waals surface area contributed by atoms with Crippen molar-refractivity contribution < 1.29 is 14.3 Å². The van der Waals surface area contributed by atoms with Crippen LogP contribution in [0.5, 0.6) is 11.5 Å². The van der Waals surface area contributed by atoms with Crippen molar-refractivity contribution in [2.24, 2.45) is 0 Å². The molecule has 9 heteroatoms. The van der Waals surface area contributed by atoms with Gasteiger partial charge in [0.2, 0.25) is 0 Å². The third-order valence-corrected chi connectivity index (χ3v) is 6.32. The second kappa shape index (κ2) is 8.64. The predicted molar refractivity (Wildman–Crippen MR) is 125 cm³/mol. The van der Waals surface area contributed by atoms with E-state index in [-0.39, 0.29) is 12.3 Å². The van der Waals surface area contributed by atoms with Crippen molar-refractivity contribution in [3.8, 4) is 17.2 Å². The molecule has 0 fully saturated rings. The zero-order chi connectivity index (χ0) is 23.0. The number of ether oxygens (including phenoxy) is 2. The molecule has 0 aliphatic rings. The van der Waals surface area contributed by atoms with Gasteiger partial charge in [0, 0.05) is 15.5 Å². The Kier molecular flexibility index (Phi) is 5.90. The van der Waals surface area contributed by atoms with Gasteiger partial charge in [0.05, 0.1) is 31.8 Å². The van der Waals surface area contributed by atoms with E-state index in [2.05, 4.69) is 0 Å². The van der Waals surface area contributed by atoms with E-state index in [9.17, 15) is 14.4 Å². The summed E-state index contributed by atoms with van der Waals surface area (Å²) >= 11 is 7.37. The van der Waals surface area contributed by atoms with Gasteiger partial charge in [0.1, 0.15) is 4.83 Å². The van der Waals surface area contributed by atoms with Gasteiger partial charge < -0.3 is 9.47 Å². The van der Waals surface area contributed by atoms with Gasteiger partial charge in [0.15, 0.2) is 17.3 Å². The summed E-state index contributed by atoms with van der Waals surface area (Å²) in [5.41, 5.74) is -0.367. The molecule has 0 spiro atoms. The summed E-state index contributed by atoms with van der Waals surface area (Å²) in [6.45, 7) is 1.60. The predicted octanol–water partition coefficient (Wildman–Crippen LogP) is 4.08. The molecule has 0 saturated heterocycles. The van der Waals surface area contributed by atoms with Gasteiger partial charge in [-0.2, -0.15) is 0 Å². The number of rotatable bonds is 6. The molecular weight excluding hydrogens is 452 g/mol. The van der Waals surface area contributed by atoms with Crippen molar-refractivity contribution in [3.05, 3.63) is 84.8 Å². The van der Waals surface area contributed by atoms with Crippen LogP contribution in [-0.4, -0.2) is 29.1 Å². The number of ketones is 1. The van der Waals surface area contributed by atoms with Crippen molar-refractivity contribution in [2.45, 2.75) is 13.5 Å². The standard InChI is InChI=1S/C23H19ClN2O5S/c1-13-9-17-21(28)26(16-6-4-5-15(24)11-16)23(29)25(22(17)32-13)12-18(27)14-7-8-19(30-2)20(10-14)31-3/h4-11H,12H2,1-3H3. The Labute approximate surface area is 192 Å². The Morgan fingerprint density at radius 2 is 1.78 bits per heavy atom. The topological polar surface area (TPSA) is 79.5 Å². The lowest BCUT2D eigenvalue weighted by molar-refractivity contribution is 0.0971. The summed E-state index contributed by atoms with van der Waals surface area (Å²) in [5.74, 6) is 0.593. The molecule has 0 radical (unpaired) electrons. The minimum absolute atomic E-state index is 0.244. The normalized spacial score (nSPS) is 11.0. The number of nitrogens with zero attached hydrogens (tertiary/aromatic N) is 2. The molecule has 4 rings (SSSR count). The van der Waals surface area contributed by atoms with Crippen LogP contribution in [-0.2, 0) is 6.54 Å². The van der Waals surface area contributed by atoms with Crippen LogP contribution in [0.15, 0.2) is 58.1 Å². The van der Waals surface area contributed by atoms with Gasteiger partial charge in [0.25, 0.3) is 5.56 Å². The van der Waals surface area contributed by atoms with Crippen LogP contribution < -0.4 is 20.7 Å². The highest BCUT2D eigenvalue weighted by atomic mass is 35.5. The minimum Gasteiger partial charge on any atom is -0.493 e. The van der Waals surface area contributed by atoms with E-state index < -0.39 is 11.2 Å². The number of benzene rings is 2. The number of hydrogen-bond donors (Lipinski definition) is 0. The second-order valence-corrected chi connectivity index (χ2v) is 8.73. The first-order chi connectivity index (χ1) is 15.3. The lowest BCUT2D eigenvalue weighted by atomic mass is 10.1. The van der Waals surface area contributed by atoms with Gasteiger partial charge >= 0.3 is 5.69 Å². The third kappa shape index (κ3) is 3.83. The van der Waals surface area contributed by atoms with Gasteiger partial charge in [-0.15, -0.1) is 11.3 Å². The highest BCUT2D eigenvalue weighted by molar-refractivity contribution is 7.18. The number of Topliss-reactive ketones (excluding diaryl/α,β-unsaturated/α-hetero) is 1. The first-order valence-electron chi connectivity index (χ1n) is 9.61. The van der Waals surface area contributed by atoms with Crippen LogP contribution in [0.3, 0.4) is 0 Å². The molecule has 2 aromatic heterocycles. The molecule has 0 aliphatic heterocycles. The molecule has 0 amide bonds. The molecule has 32 heavy (non-hydrogen) atoms. The molecule has 0 saturated carbocycles. The van der Waals surface area contributed by atoms with Crippen LogP contribution in [0.25, 0.3) is 15.9 Å². The van der Waals surface area contributed by atoms with Crippen molar-refractivity contribution in [1.82, 2.24) is 9.13 Å². The highest BCUT2D eigenvalue weighted by Crippen LogP contribution is 2.28. The fraction of sp³-hybridized carbons (Fsp3) is 0.174. The van der Waals surface area contributed by atoms with Crippen molar-refractivity contribution in [2.75, 3.05) is 14.2 Å². The number of halogens is 1. The maximum Gasteiger partial charge on any atom is 0.337 e. The van der Waals surface area contributed by atoms with Crippen molar-refractivity contribution in [3.63, 3.8) is 0 Å². The summed E-state index contributed by atoms with van der Waals surface area (Å²) < 4.78 is 12.9. The molecule has 4 aromatic rings. The zero-order valence-corrected chi connectivity index (χ0v) is 19.1. The number of methoxy groups -OCH3 is 2. The Morgan fingerprint density at radius 3 is 2.47 bits per heavy atom. The number of fused-ring (bicyclic) bond motifs is 1. The highest BCUT2D eigenvalue weighted by Gasteiger charge is 2.20. The van der Waals surface area contributed by atoms with Crippen LogP contribution in [0.4, 0.5) is 0 Å². The number of aromatic nitrogens is 2. The lowest BCUT2D eigenvalue weighted by Gasteiger charge is -2.13. The van der Waals surface area contributed by atoms with Crippen LogP contribution in [0, 0.1) is 6.92 Å². The molecule has 2 aromatic carbocycles. The van der Waals surface area contributed by atoms with Gasteiger partial charge in [-0.25, -0.2) is 9.36 Å². The molecular formula is C23H19ClN2O5S. The Balaban J connectivity index is 1.88. The quantitative estimate of drug-likeness (QED) is 0.397. The number of hydrogen-bond acceptors (Lipinski definition) is 6. The monoisotopic (exact) mass is 470 g/mol. The largest absolute Gasteiger partial charge is 0.493 e. The van der Waals surface area contributed by atoms with Crippen LogP contribution in [0.1, 0.15) is 15.2 Å². The number of aryl methyl sites for hydroxylation is 1. The average Bonchev–Trinajstić information content (AvgIpc) is 3.18. The van der Waals surface area contributed by atoms with Crippen LogP contribution in [0.2, 0.25) is 5.02 Å². The van der Waals surface area contributed by atoms with E-state index in [0.717, 1.165) is 9.44 Å². The first kappa shape index (κ1) is 21.9. The van der Waals surface area contributed by atoms with E-state index in [1.807, 2.05) is 6.92 Å². The van der Waals surface area contributed by atoms with E-state index in [1.165, 1.54) is 36.2 Å². The maximum absolute atomic E-state index is 13.4. The smallest absolute Gasteiger partial charge is 0.337 e. The van der Waals surface area contributed by atoms with E-state index in [1.54, 1.807) is 42.5 Å². The number of carbonyl (C=O) groups is 1. The molecule has 0 aliphatic carbocycles. The summed E-state index contributed by atoms with van der Waals surface area (Å²) in [6, 6.07) is 13.0. The van der Waals surface area contributed by atoms with Crippen LogP contribution >= 0.6 is 22.9 Å². The van der Waals surface area contributed by atoms with E-state index in [4.69, 9.17) is 21.1 Å². The summed E-state index contributed by atoms with van der Waals surface area (Å²) in [5, 5.41) is 0.760. The SMILES string of the molecule is COc1ccc(C(=O)Cn2c(=O)n(-c3cccc(Cl)c3)c(=O)c3cc(C)sc32)cc1OC. The van der Waals surface area contributed by atoms with E-state index >= 15 is 0 Å². The Bertz CT molecular complexity index is 1470. The van der Waals surface area contributed by atoms with Gasteiger partial charge in [-0.1, -0.05) is 17.7 Å². The van der Waals surface area contributed by atoms with E-state index in [0.29, 0.717) is 38.0 Å². The van der Waals surface area contributed by atoms with Crippen molar-refractivity contribution in [1.29, 1.82) is 0 Å². The molecule has 2 heterocycles. The summed E-state index contributed by atoms with van der Waals surface area (Å²) in [6.07, 6.45) is 0. The molecule has 0 bridgehead atoms. The summed E-state index contributed by atoms with van der Waals surface area (Å²) in [4.78, 5) is 41.0. The fourth-order valence-electron chi connectivity index (χ4n) is 3.50. The average molecular weight is 471 g/mol. The minimum atomic E-state index is -0.611. The molecule has 0 atom stereocenters. The maximum atomic E-state index is 13.4. The zero-order valence-electron chi connectivity index (χ0n) is 17.5. The summed E-state index contributed by atoms with van der Waals surface area (Å²) in [7, 11) is 2.99. The molecule has 0 N–H and O–H groups in total. The second-order valence-electron chi connectivity index (χ2n) is 7.06.